The first-order chi connectivity index (χ1) is 8.11. The van der Waals surface area contributed by atoms with E-state index in [2.05, 4.69) is 26.1 Å². The van der Waals surface area contributed by atoms with E-state index in [9.17, 15) is 5.11 Å². The summed E-state index contributed by atoms with van der Waals surface area (Å²) in [5, 5.41) is 13.8. The molecule has 1 aliphatic carbocycles. The summed E-state index contributed by atoms with van der Waals surface area (Å²) >= 11 is 0. The molecule has 0 saturated heterocycles. The average Bonchev–Trinajstić information content (AvgIpc) is 2.64. The van der Waals surface area contributed by atoms with Gasteiger partial charge < -0.3 is 10.4 Å². The van der Waals surface area contributed by atoms with Gasteiger partial charge in [-0.25, -0.2) is 0 Å². The molecule has 2 heteroatoms. The Hall–Kier alpha value is -0.0800. The molecule has 0 spiro atoms. The van der Waals surface area contributed by atoms with E-state index in [-0.39, 0.29) is 0 Å². The number of rotatable bonds is 6. The summed E-state index contributed by atoms with van der Waals surface area (Å²) in [6.45, 7) is 7.18. The molecule has 0 aromatic rings. The molecule has 102 valence electrons. The second-order valence-corrected chi connectivity index (χ2v) is 5.85. The minimum atomic E-state index is -0.501. The van der Waals surface area contributed by atoms with Gasteiger partial charge in [-0.15, -0.1) is 0 Å². The summed E-state index contributed by atoms with van der Waals surface area (Å²) in [6, 6.07) is 0.553. The first kappa shape index (κ1) is 15.0. The Morgan fingerprint density at radius 2 is 1.65 bits per heavy atom. The summed E-state index contributed by atoms with van der Waals surface area (Å²) in [4.78, 5) is 0. The van der Waals surface area contributed by atoms with Crippen LogP contribution in [0.25, 0.3) is 0 Å². The van der Waals surface area contributed by atoms with E-state index in [0.29, 0.717) is 6.04 Å². The van der Waals surface area contributed by atoms with Crippen molar-refractivity contribution in [2.45, 2.75) is 83.8 Å². The van der Waals surface area contributed by atoms with E-state index in [1.165, 1.54) is 38.5 Å². The van der Waals surface area contributed by atoms with Gasteiger partial charge >= 0.3 is 0 Å². The third kappa shape index (κ3) is 4.97. The molecule has 1 aliphatic rings. The molecule has 17 heavy (non-hydrogen) atoms. The van der Waals surface area contributed by atoms with Crippen LogP contribution in [0.4, 0.5) is 0 Å². The van der Waals surface area contributed by atoms with Crippen LogP contribution in [0.1, 0.15) is 72.1 Å². The maximum Gasteiger partial charge on any atom is 0.0766 e. The zero-order valence-corrected chi connectivity index (χ0v) is 12.0. The van der Waals surface area contributed by atoms with Gasteiger partial charge in [0.1, 0.15) is 0 Å². The van der Waals surface area contributed by atoms with E-state index < -0.39 is 5.60 Å². The molecular formula is C15H31NO. The average molecular weight is 241 g/mol. The Bertz CT molecular complexity index is 193. The van der Waals surface area contributed by atoms with Gasteiger partial charge in [0.2, 0.25) is 0 Å². The topological polar surface area (TPSA) is 32.3 Å². The summed E-state index contributed by atoms with van der Waals surface area (Å²) < 4.78 is 0. The molecule has 0 aromatic carbocycles. The fraction of sp³-hybridized carbons (Fsp3) is 1.00. The molecule has 1 rings (SSSR count). The summed E-state index contributed by atoms with van der Waals surface area (Å²) in [5.41, 5.74) is -0.501. The molecule has 2 nitrogen and oxygen atoms in total. The lowest BCUT2D eigenvalue weighted by atomic mass is 9.91. The second kappa shape index (κ2) is 7.38. The Morgan fingerprint density at radius 1 is 1.12 bits per heavy atom. The highest BCUT2D eigenvalue weighted by Crippen LogP contribution is 2.25. The van der Waals surface area contributed by atoms with E-state index >= 15 is 0 Å². The van der Waals surface area contributed by atoms with E-state index in [4.69, 9.17) is 0 Å². The highest BCUT2D eigenvalue weighted by atomic mass is 16.3. The van der Waals surface area contributed by atoms with Gasteiger partial charge in [-0.1, -0.05) is 39.5 Å². The van der Waals surface area contributed by atoms with Crippen LogP contribution in [0.15, 0.2) is 0 Å². The van der Waals surface area contributed by atoms with Crippen LogP contribution in [0.2, 0.25) is 0 Å². The molecule has 0 unspecified atom stereocenters. The van der Waals surface area contributed by atoms with E-state index in [1.54, 1.807) is 0 Å². The Kier molecular flexibility index (Phi) is 6.50. The number of aliphatic hydroxyl groups is 1. The standard InChI is InChI=1S/C15H31NO/c1-4-15(17,5-2)12-16-13(3)14-10-8-6-7-9-11-14/h13-14,16-17H,4-12H2,1-3H3/t13-/m1/s1. The van der Waals surface area contributed by atoms with Crippen molar-refractivity contribution in [1.29, 1.82) is 0 Å². The predicted octanol–water partition coefficient (Wildman–Crippen LogP) is 3.49. The van der Waals surface area contributed by atoms with Crippen molar-refractivity contribution in [1.82, 2.24) is 5.32 Å². The Morgan fingerprint density at radius 3 is 2.12 bits per heavy atom. The zero-order valence-electron chi connectivity index (χ0n) is 12.0. The minimum absolute atomic E-state index is 0.501. The van der Waals surface area contributed by atoms with E-state index in [1.807, 2.05) is 0 Å². The lowest BCUT2D eigenvalue weighted by molar-refractivity contribution is 0.0282. The monoisotopic (exact) mass is 241 g/mol. The van der Waals surface area contributed by atoms with Gasteiger partial charge in [0.15, 0.2) is 0 Å². The van der Waals surface area contributed by atoms with Crippen LogP contribution in [0.5, 0.6) is 0 Å². The van der Waals surface area contributed by atoms with Crippen LogP contribution in [-0.4, -0.2) is 23.3 Å². The molecule has 0 radical (unpaired) electrons. The quantitative estimate of drug-likeness (QED) is 0.698. The highest BCUT2D eigenvalue weighted by Gasteiger charge is 2.25. The van der Waals surface area contributed by atoms with Crippen molar-refractivity contribution in [3.63, 3.8) is 0 Å². The molecule has 0 bridgehead atoms. The van der Waals surface area contributed by atoms with Gasteiger partial charge in [0.05, 0.1) is 5.60 Å². The van der Waals surface area contributed by atoms with Crippen molar-refractivity contribution in [2.75, 3.05) is 6.54 Å². The predicted molar refractivity (Wildman–Crippen MR) is 74.2 cm³/mol. The van der Waals surface area contributed by atoms with Crippen LogP contribution < -0.4 is 5.32 Å². The van der Waals surface area contributed by atoms with Gasteiger partial charge in [-0.05, 0) is 38.5 Å². The summed E-state index contributed by atoms with van der Waals surface area (Å²) in [5.74, 6) is 0.815. The van der Waals surface area contributed by atoms with Crippen molar-refractivity contribution >= 4 is 0 Å². The minimum Gasteiger partial charge on any atom is -0.389 e. The van der Waals surface area contributed by atoms with Crippen molar-refractivity contribution < 1.29 is 5.11 Å². The Balaban J connectivity index is 2.34. The third-order valence-electron chi connectivity index (χ3n) is 4.68. The summed E-state index contributed by atoms with van der Waals surface area (Å²) in [7, 11) is 0. The zero-order chi connectivity index (χ0) is 12.7. The van der Waals surface area contributed by atoms with E-state index in [0.717, 1.165) is 25.3 Å². The van der Waals surface area contributed by atoms with Gasteiger partial charge in [-0.2, -0.15) is 0 Å². The maximum atomic E-state index is 10.3. The first-order valence-corrected chi connectivity index (χ1v) is 7.57. The summed E-state index contributed by atoms with van der Waals surface area (Å²) in [6.07, 6.45) is 10.0. The number of hydrogen-bond donors (Lipinski definition) is 2. The third-order valence-corrected chi connectivity index (χ3v) is 4.68. The number of hydrogen-bond acceptors (Lipinski definition) is 2. The second-order valence-electron chi connectivity index (χ2n) is 5.85. The fourth-order valence-electron chi connectivity index (χ4n) is 2.83. The largest absolute Gasteiger partial charge is 0.389 e. The Labute approximate surface area is 107 Å². The molecule has 2 N–H and O–H groups in total. The smallest absolute Gasteiger partial charge is 0.0766 e. The van der Waals surface area contributed by atoms with Crippen molar-refractivity contribution in [2.24, 2.45) is 5.92 Å². The molecule has 0 aromatic heterocycles. The van der Waals surface area contributed by atoms with Crippen molar-refractivity contribution in [3.05, 3.63) is 0 Å². The lowest BCUT2D eigenvalue weighted by Gasteiger charge is -2.30. The molecule has 0 amide bonds. The molecule has 1 atom stereocenters. The SMILES string of the molecule is CCC(O)(CC)CN[C@H](C)C1CCCCCC1. The van der Waals surface area contributed by atoms with Gasteiger partial charge in [0, 0.05) is 12.6 Å². The highest BCUT2D eigenvalue weighted by molar-refractivity contribution is 4.82. The van der Waals surface area contributed by atoms with Gasteiger partial charge in [0.25, 0.3) is 0 Å². The molecule has 1 saturated carbocycles. The van der Waals surface area contributed by atoms with Crippen LogP contribution in [0, 0.1) is 5.92 Å². The molecule has 1 fully saturated rings. The number of nitrogens with one attached hydrogen (secondary N) is 1. The molecular weight excluding hydrogens is 210 g/mol. The lowest BCUT2D eigenvalue weighted by Crippen LogP contribution is -2.45. The maximum absolute atomic E-state index is 10.3. The molecule has 0 aliphatic heterocycles. The van der Waals surface area contributed by atoms with Crippen LogP contribution in [-0.2, 0) is 0 Å². The van der Waals surface area contributed by atoms with Crippen LogP contribution in [0.3, 0.4) is 0 Å². The first-order valence-electron chi connectivity index (χ1n) is 7.57. The van der Waals surface area contributed by atoms with Crippen molar-refractivity contribution in [3.8, 4) is 0 Å². The fourth-order valence-corrected chi connectivity index (χ4v) is 2.83. The molecule has 0 heterocycles. The van der Waals surface area contributed by atoms with Crippen LogP contribution >= 0.6 is 0 Å². The normalized spacial score (nSPS) is 21.2. The van der Waals surface area contributed by atoms with Gasteiger partial charge in [-0.3, -0.25) is 0 Å².